The minimum Gasteiger partial charge on any atom is -0.394 e. The molecule has 0 spiro atoms. The molecule has 0 aromatic heterocycles. The van der Waals surface area contributed by atoms with E-state index >= 15 is 0 Å². The molecule has 5 nitrogen and oxygen atoms in total. The average molecular weight is 564 g/mol. The normalized spacial score (nSPS) is 14.4. The fraction of sp³-hybridized carbons (Fsp3) is 0.800. The van der Waals surface area contributed by atoms with Crippen LogP contribution in [-0.4, -0.2) is 46.1 Å². The molecular formula is C35H65NO4. The fourth-order valence-corrected chi connectivity index (χ4v) is 4.74. The lowest BCUT2D eigenvalue weighted by atomic mass is 10.0. The van der Waals surface area contributed by atoms with E-state index in [-0.39, 0.29) is 6.61 Å². The molecule has 5 heteroatoms. The molecule has 0 aliphatic carbocycles. The molecular weight excluding hydrogens is 498 g/mol. The Hall–Kier alpha value is -1.43. The zero-order chi connectivity index (χ0) is 29.5. The lowest BCUT2D eigenvalue weighted by molar-refractivity contribution is -0.131. The van der Waals surface area contributed by atoms with E-state index in [2.05, 4.69) is 43.5 Å². The van der Waals surface area contributed by atoms with Crippen molar-refractivity contribution >= 4 is 5.91 Å². The van der Waals surface area contributed by atoms with Gasteiger partial charge in [-0.25, -0.2) is 0 Å². The van der Waals surface area contributed by atoms with Gasteiger partial charge in [-0.05, 0) is 44.9 Å². The number of amides is 1. The molecule has 0 radical (unpaired) electrons. The van der Waals surface area contributed by atoms with Crippen LogP contribution in [0.25, 0.3) is 0 Å². The lowest BCUT2D eigenvalue weighted by Gasteiger charge is -2.21. The van der Waals surface area contributed by atoms with Crippen molar-refractivity contribution in [1.82, 2.24) is 5.32 Å². The van der Waals surface area contributed by atoms with E-state index in [9.17, 15) is 20.1 Å². The van der Waals surface area contributed by atoms with Gasteiger partial charge in [0, 0.05) is 0 Å². The first-order valence-electron chi connectivity index (χ1n) is 16.8. The van der Waals surface area contributed by atoms with E-state index in [1.165, 1.54) is 89.9 Å². The molecule has 0 heterocycles. The highest BCUT2D eigenvalue weighted by Crippen LogP contribution is 2.13. The maximum Gasteiger partial charge on any atom is 0.249 e. The van der Waals surface area contributed by atoms with Gasteiger partial charge in [0.2, 0.25) is 5.91 Å². The third-order valence-electron chi connectivity index (χ3n) is 7.46. The standard InChI is InChI=1S/C35H65NO4/c1-3-5-7-9-11-13-15-17-19-21-23-25-27-29-33(38)32(31-37)36-35(40)34(39)30-28-26-24-22-20-18-16-14-12-10-8-6-4-2/h11,13,19,21,27,29,32-34,37-39H,3-10,12,14-18,20,22-26,28,30-31H2,1-2H3,(H,36,40)/b13-11+,21-19+,29-27+. The summed E-state index contributed by atoms with van der Waals surface area (Å²) in [6.45, 7) is 4.10. The Kier molecular flexibility index (Phi) is 29.4. The molecule has 4 N–H and O–H groups in total. The summed E-state index contributed by atoms with van der Waals surface area (Å²) in [5.74, 6) is -0.521. The van der Waals surface area contributed by atoms with Crippen LogP contribution >= 0.6 is 0 Å². The van der Waals surface area contributed by atoms with Crippen LogP contribution < -0.4 is 5.32 Å². The van der Waals surface area contributed by atoms with Gasteiger partial charge in [0.25, 0.3) is 0 Å². The minimum absolute atomic E-state index is 0.380. The highest BCUT2D eigenvalue weighted by atomic mass is 16.3. The first-order chi connectivity index (χ1) is 19.6. The predicted octanol–water partition coefficient (Wildman–Crippen LogP) is 8.48. The summed E-state index contributed by atoms with van der Waals surface area (Å²) in [5.41, 5.74) is 0. The molecule has 0 aromatic carbocycles. The number of aliphatic hydroxyl groups excluding tert-OH is 3. The van der Waals surface area contributed by atoms with Crippen molar-refractivity contribution in [3.63, 3.8) is 0 Å². The summed E-state index contributed by atoms with van der Waals surface area (Å²) >= 11 is 0. The first-order valence-corrected chi connectivity index (χ1v) is 16.8. The van der Waals surface area contributed by atoms with Crippen molar-refractivity contribution in [1.29, 1.82) is 0 Å². The van der Waals surface area contributed by atoms with E-state index in [1.54, 1.807) is 6.08 Å². The molecule has 1 amide bonds. The minimum atomic E-state index is -1.10. The van der Waals surface area contributed by atoms with Crippen LogP contribution in [0.15, 0.2) is 36.5 Å². The van der Waals surface area contributed by atoms with Gasteiger partial charge in [-0.2, -0.15) is 0 Å². The number of carbonyl (C=O) groups is 1. The van der Waals surface area contributed by atoms with Gasteiger partial charge in [0.1, 0.15) is 6.10 Å². The largest absolute Gasteiger partial charge is 0.394 e. The maximum absolute atomic E-state index is 12.3. The summed E-state index contributed by atoms with van der Waals surface area (Å²) in [6.07, 6.45) is 35.8. The van der Waals surface area contributed by atoms with Gasteiger partial charge in [-0.3, -0.25) is 4.79 Å². The topological polar surface area (TPSA) is 89.8 Å². The van der Waals surface area contributed by atoms with E-state index < -0.39 is 24.2 Å². The van der Waals surface area contributed by atoms with Gasteiger partial charge in [-0.1, -0.05) is 147 Å². The van der Waals surface area contributed by atoms with Crippen LogP contribution in [0.2, 0.25) is 0 Å². The van der Waals surface area contributed by atoms with Crippen molar-refractivity contribution < 1.29 is 20.1 Å². The molecule has 234 valence electrons. The monoisotopic (exact) mass is 563 g/mol. The van der Waals surface area contributed by atoms with Crippen molar-refractivity contribution in [3.05, 3.63) is 36.5 Å². The second kappa shape index (κ2) is 30.5. The van der Waals surface area contributed by atoms with Gasteiger partial charge >= 0.3 is 0 Å². The Bertz CT molecular complexity index is 631. The third kappa shape index (κ3) is 25.5. The molecule has 0 fully saturated rings. The number of hydrogen-bond acceptors (Lipinski definition) is 4. The van der Waals surface area contributed by atoms with Crippen molar-refractivity contribution in [2.75, 3.05) is 6.61 Å². The Morgan fingerprint density at radius 3 is 1.52 bits per heavy atom. The molecule has 0 aliphatic heterocycles. The number of nitrogens with one attached hydrogen (secondary N) is 1. The summed E-state index contributed by atoms with van der Waals surface area (Å²) in [6, 6.07) is -0.815. The smallest absolute Gasteiger partial charge is 0.249 e. The van der Waals surface area contributed by atoms with E-state index in [0.29, 0.717) is 6.42 Å². The number of allylic oxidation sites excluding steroid dienone is 5. The zero-order valence-corrected chi connectivity index (χ0v) is 26.2. The third-order valence-corrected chi connectivity index (χ3v) is 7.46. The molecule has 0 saturated heterocycles. The molecule has 40 heavy (non-hydrogen) atoms. The second-order valence-electron chi connectivity index (χ2n) is 11.4. The average Bonchev–Trinajstić information content (AvgIpc) is 2.96. The predicted molar refractivity (Wildman–Crippen MR) is 171 cm³/mol. The van der Waals surface area contributed by atoms with Crippen LogP contribution in [-0.2, 0) is 4.79 Å². The number of hydrogen-bond donors (Lipinski definition) is 4. The molecule has 0 rings (SSSR count). The number of rotatable bonds is 29. The van der Waals surface area contributed by atoms with Crippen LogP contribution in [0, 0.1) is 0 Å². The second-order valence-corrected chi connectivity index (χ2v) is 11.4. The number of unbranched alkanes of at least 4 members (excludes halogenated alkanes) is 17. The summed E-state index contributed by atoms with van der Waals surface area (Å²) < 4.78 is 0. The number of carbonyl (C=O) groups excluding carboxylic acids is 1. The molecule has 3 unspecified atom stereocenters. The molecule has 3 atom stereocenters. The molecule has 0 aliphatic rings. The SMILES string of the molecule is CCCCC/C=C/CC/C=C/CC/C=C/C(O)C(CO)NC(=O)C(O)CCCCCCCCCCCCCCC. The highest BCUT2D eigenvalue weighted by molar-refractivity contribution is 5.80. The van der Waals surface area contributed by atoms with Gasteiger partial charge in [0.05, 0.1) is 18.8 Å². The lowest BCUT2D eigenvalue weighted by Crippen LogP contribution is -2.48. The molecule has 0 saturated carbocycles. The van der Waals surface area contributed by atoms with E-state index in [4.69, 9.17) is 0 Å². The van der Waals surface area contributed by atoms with Crippen molar-refractivity contribution in [2.24, 2.45) is 0 Å². The zero-order valence-electron chi connectivity index (χ0n) is 26.2. The van der Waals surface area contributed by atoms with Gasteiger partial charge in [-0.15, -0.1) is 0 Å². The van der Waals surface area contributed by atoms with Crippen LogP contribution in [0.1, 0.15) is 155 Å². The van der Waals surface area contributed by atoms with Crippen molar-refractivity contribution in [2.45, 2.75) is 173 Å². The summed E-state index contributed by atoms with van der Waals surface area (Å²) in [7, 11) is 0. The van der Waals surface area contributed by atoms with Crippen LogP contribution in [0.5, 0.6) is 0 Å². The van der Waals surface area contributed by atoms with Crippen LogP contribution in [0.3, 0.4) is 0 Å². The Labute approximate surface area is 247 Å². The van der Waals surface area contributed by atoms with Gasteiger partial charge < -0.3 is 20.6 Å². The van der Waals surface area contributed by atoms with Gasteiger partial charge in [0.15, 0.2) is 0 Å². The van der Waals surface area contributed by atoms with Crippen molar-refractivity contribution in [3.8, 4) is 0 Å². The number of aliphatic hydroxyl groups is 3. The Morgan fingerprint density at radius 1 is 0.600 bits per heavy atom. The summed E-state index contributed by atoms with van der Waals surface area (Å²) in [4.78, 5) is 12.3. The van der Waals surface area contributed by atoms with E-state index in [1.807, 2.05) is 6.08 Å². The molecule has 0 bridgehead atoms. The maximum atomic E-state index is 12.3. The highest BCUT2D eigenvalue weighted by Gasteiger charge is 2.22. The summed E-state index contributed by atoms with van der Waals surface area (Å²) in [5, 5.41) is 32.8. The van der Waals surface area contributed by atoms with Crippen LogP contribution in [0.4, 0.5) is 0 Å². The quantitative estimate of drug-likeness (QED) is 0.0543. The Balaban J connectivity index is 3.87. The Morgan fingerprint density at radius 2 is 1.02 bits per heavy atom. The molecule has 0 aromatic rings. The first kappa shape index (κ1) is 38.6. The van der Waals surface area contributed by atoms with E-state index in [0.717, 1.165) is 44.9 Å². The fourth-order valence-electron chi connectivity index (χ4n) is 4.74.